The van der Waals surface area contributed by atoms with Gasteiger partial charge in [-0.05, 0) is 0 Å². The van der Waals surface area contributed by atoms with Gasteiger partial charge in [-0.2, -0.15) is 9.50 Å². The zero-order valence-corrected chi connectivity index (χ0v) is 5.24. The normalized spacial score (nSPS) is 10.9. The van der Waals surface area contributed by atoms with Crippen molar-refractivity contribution in [3.63, 3.8) is 0 Å². The Labute approximate surface area is 59.0 Å². The van der Waals surface area contributed by atoms with Gasteiger partial charge in [0.2, 0.25) is 0 Å². The van der Waals surface area contributed by atoms with E-state index in [0.29, 0.717) is 0 Å². The monoisotopic (exact) mass is 156 g/mol. The van der Waals surface area contributed by atoms with Crippen LogP contribution in [0.25, 0.3) is 5.84 Å². The van der Waals surface area contributed by atoms with Crippen LogP contribution in [0.15, 0.2) is 9.21 Å². The molecule has 0 aliphatic carbocycles. The highest BCUT2D eigenvalue weighted by Crippen LogP contribution is 2.17. The SMILES string of the molecule is Nc1nc2oc(=O)[nH]n2c1O. The van der Waals surface area contributed by atoms with Gasteiger partial charge in [-0.1, -0.05) is 0 Å². The van der Waals surface area contributed by atoms with Crippen molar-refractivity contribution in [3.8, 4) is 5.88 Å². The number of aromatic amines is 1. The highest BCUT2D eigenvalue weighted by Gasteiger charge is 2.11. The Kier molecular flexibility index (Phi) is 0.831. The lowest BCUT2D eigenvalue weighted by Crippen LogP contribution is -1.98. The number of hydrogen-bond acceptors (Lipinski definition) is 5. The summed E-state index contributed by atoms with van der Waals surface area (Å²) in [4.78, 5) is 14.0. The molecule has 7 nitrogen and oxygen atoms in total. The Bertz CT molecular complexity index is 449. The summed E-state index contributed by atoms with van der Waals surface area (Å²) < 4.78 is 5.43. The van der Waals surface area contributed by atoms with Crippen molar-refractivity contribution in [2.75, 3.05) is 5.73 Å². The number of nitrogens with one attached hydrogen (secondary N) is 1. The number of nitrogens with zero attached hydrogens (tertiary/aromatic N) is 2. The molecule has 2 rings (SSSR count). The molecule has 0 aliphatic rings. The van der Waals surface area contributed by atoms with Crippen LogP contribution in [0.2, 0.25) is 0 Å². The zero-order chi connectivity index (χ0) is 8.01. The number of hydrogen-bond donors (Lipinski definition) is 3. The number of nitrogens with two attached hydrogens (primary N) is 1. The Morgan fingerprint density at radius 2 is 2.45 bits per heavy atom. The molecule has 7 heteroatoms. The van der Waals surface area contributed by atoms with Crippen LogP contribution in [0.5, 0.6) is 5.88 Å². The molecule has 0 aromatic carbocycles. The molecule has 0 aliphatic heterocycles. The maximum absolute atomic E-state index is 10.5. The second kappa shape index (κ2) is 1.57. The number of fused-ring (bicyclic) bond motifs is 1. The average Bonchev–Trinajstić information content (AvgIpc) is 2.37. The first-order valence-electron chi connectivity index (χ1n) is 2.74. The van der Waals surface area contributed by atoms with E-state index in [1.54, 1.807) is 0 Å². The van der Waals surface area contributed by atoms with Gasteiger partial charge >= 0.3 is 11.6 Å². The van der Waals surface area contributed by atoms with Gasteiger partial charge in [-0.15, -0.1) is 0 Å². The zero-order valence-electron chi connectivity index (χ0n) is 5.24. The topological polar surface area (TPSA) is 110 Å². The fraction of sp³-hybridized carbons (Fsp3) is 0. The van der Waals surface area contributed by atoms with Crippen LogP contribution in [0.4, 0.5) is 5.82 Å². The van der Waals surface area contributed by atoms with Gasteiger partial charge in [0.05, 0.1) is 0 Å². The largest absolute Gasteiger partial charge is 0.491 e. The maximum Gasteiger partial charge on any atom is 0.434 e. The second-order valence-electron chi connectivity index (χ2n) is 1.94. The average molecular weight is 156 g/mol. The molecule has 0 spiro atoms. The van der Waals surface area contributed by atoms with Crippen LogP contribution in [-0.4, -0.2) is 19.7 Å². The first kappa shape index (κ1) is 5.83. The van der Waals surface area contributed by atoms with Crippen molar-refractivity contribution in [3.05, 3.63) is 10.6 Å². The molecule has 0 atom stereocenters. The number of nitrogen functional groups attached to an aromatic ring is 1. The highest BCUT2D eigenvalue weighted by molar-refractivity contribution is 5.48. The molecule has 2 heterocycles. The minimum absolute atomic E-state index is 0.0509. The van der Waals surface area contributed by atoms with Gasteiger partial charge in [0.15, 0.2) is 5.82 Å². The van der Waals surface area contributed by atoms with Gasteiger partial charge in [0, 0.05) is 0 Å². The summed E-state index contributed by atoms with van der Waals surface area (Å²) in [5.41, 5.74) is 5.18. The highest BCUT2D eigenvalue weighted by atomic mass is 16.4. The molecule has 2 aromatic rings. The van der Waals surface area contributed by atoms with Crippen LogP contribution in [0, 0.1) is 0 Å². The van der Waals surface area contributed by atoms with Crippen molar-refractivity contribution < 1.29 is 9.52 Å². The van der Waals surface area contributed by atoms with E-state index in [2.05, 4.69) is 14.5 Å². The molecule has 0 saturated heterocycles. The summed E-state index contributed by atoms with van der Waals surface area (Å²) in [6.45, 7) is 0. The lowest BCUT2D eigenvalue weighted by molar-refractivity contribution is 0.442. The van der Waals surface area contributed by atoms with E-state index in [0.717, 1.165) is 4.52 Å². The van der Waals surface area contributed by atoms with Crippen molar-refractivity contribution in [1.82, 2.24) is 14.6 Å². The molecule has 0 fully saturated rings. The minimum atomic E-state index is -0.692. The van der Waals surface area contributed by atoms with Crippen molar-refractivity contribution >= 4 is 11.7 Å². The standard InChI is InChI=1S/C4H4N4O3/c5-1-2(9)8-3(6-1)11-4(10)7-8/h9H,5H2,(H,7,10). The smallest absolute Gasteiger partial charge is 0.434 e. The lowest BCUT2D eigenvalue weighted by atomic mass is 10.7. The van der Waals surface area contributed by atoms with E-state index in [4.69, 9.17) is 10.8 Å². The number of H-pyrrole nitrogens is 1. The molecule has 0 saturated carbocycles. The molecule has 0 unspecified atom stereocenters. The first-order chi connectivity index (χ1) is 5.18. The molecule has 58 valence electrons. The summed E-state index contributed by atoms with van der Waals surface area (Å²) in [5.74, 6) is -1.15. The molecule has 11 heavy (non-hydrogen) atoms. The van der Waals surface area contributed by atoms with Crippen LogP contribution in [0.1, 0.15) is 0 Å². The van der Waals surface area contributed by atoms with E-state index in [9.17, 15) is 4.79 Å². The predicted molar refractivity (Wildman–Crippen MR) is 34.2 cm³/mol. The third kappa shape index (κ3) is 0.613. The first-order valence-corrected chi connectivity index (χ1v) is 2.74. The molecular weight excluding hydrogens is 152 g/mol. The van der Waals surface area contributed by atoms with Gasteiger partial charge < -0.3 is 15.3 Å². The van der Waals surface area contributed by atoms with Crippen LogP contribution < -0.4 is 11.5 Å². The third-order valence-corrected chi connectivity index (χ3v) is 1.24. The van der Waals surface area contributed by atoms with E-state index >= 15 is 0 Å². The Hall–Kier alpha value is -1.92. The van der Waals surface area contributed by atoms with Gasteiger partial charge in [-0.3, -0.25) is 0 Å². The molecule has 0 radical (unpaired) electrons. The number of aromatic nitrogens is 3. The fourth-order valence-corrected chi connectivity index (χ4v) is 0.774. The predicted octanol–water partition coefficient (Wildman–Crippen LogP) is -1.10. The Morgan fingerprint density at radius 3 is 3.09 bits per heavy atom. The van der Waals surface area contributed by atoms with Crippen LogP contribution in [-0.2, 0) is 0 Å². The third-order valence-electron chi connectivity index (χ3n) is 1.24. The van der Waals surface area contributed by atoms with Gasteiger partial charge in [0.1, 0.15) is 0 Å². The van der Waals surface area contributed by atoms with E-state index in [1.807, 2.05) is 0 Å². The Balaban J connectivity index is 2.99. The number of aromatic hydroxyl groups is 1. The number of rotatable bonds is 0. The fourth-order valence-electron chi connectivity index (χ4n) is 0.774. The summed E-state index contributed by atoms with van der Waals surface area (Å²) in [6.07, 6.45) is 0. The summed E-state index contributed by atoms with van der Waals surface area (Å²) in [5, 5.41) is 11.2. The quantitative estimate of drug-likeness (QED) is 0.448. The summed E-state index contributed by atoms with van der Waals surface area (Å²) in [6, 6.07) is 0. The lowest BCUT2D eigenvalue weighted by Gasteiger charge is -1.83. The molecule has 2 aromatic heterocycles. The molecular formula is C4H4N4O3. The maximum atomic E-state index is 10.5. The Morgan fingerprint density at radius 1 is 1.73 bits per heavy atom. The summed E-state index contributed by atoms with van der Waals surface area (Å²) in [7, 11) is 0. The number of imidazole rings is 1. The van der Waals surface area contributed by atoms with Gasteiger partial charge in [0.25, 0.3) is 5.88 Å². The molecule has 0 bridgehead atoms. The van der Waals surface area contributed by atoms with Crippen LogP contribution >= 0.6 is 0 Å². The van der Waals surface area contributed by atoms with E-state index < -0.39 is 5.76 Å². The molecule has 4 N–H and O–H groups in total. The van der Waals surface area contributed by atoms with E-state index in [1.165, 1.54) is 0 Å². The van der Waals surface area contributed by atoms with E-state index in [-0.39, 0.29) is 17.5 Å². The van der Waals surface area contributed by atoms with Crippen LogP contribution in [0.3, 0.4) is 0 Å². The molecule has 0 amide bonds. The van der Waals surface area contributed by atoms with Crippen molar-refractivity contribution in [2.24, 2.45) is 0 Å². The van der Waals surface area contributed by atoms with Crippen molar-refractivity contribution in [2.45, 2.75) is 0 Å². The number of anilines is 1. The second-order valence-corrected chi connectivity index (χ2v) is 1.94. The summed E-state index contributed by atoms with van der Waals surface area (Å²) >= 11 is 0. The minimum Gasteiger partial charge on any atom is -0.491 e. The van der Waals surface area contributed by atoms with Crippen molar-refractivity contribution in [1.29, 1.82) is 0 Å². The van der Waals surface area contributed by atoms with Gasteiger partial charge in [-0.25, -0.2) is 9.89 Å².